The fourth-order valence-corrected chi connectivity index (χ4v) is 2.88. The van der Waals surface area contributed by atoms with Crippen molar-refractivity contribution in [2.75, 3.05) is 11.1 Å². The largest absolute Gasteiger partial charge is 0.383 e. The number of hydrogen-bond donors (Lipinski definition) is 3. The van der Waals surface area contributed by atoms with Gasteiger partial charge in [0, 0.05) is 12.6 Å². The molecule has 1 aliphatic carbocycles. The molecule has 2 rings (SSSR count). The number of nitrogens with one attached hydrogen (secondary N) is 2. The maximum absolute atomic E-state index is 11.9. The minimum absolute atomic E-state index is 0.235. The number of nitrogen functional groups attached to an aromatic ring is 1. The van der Waals surface area contributed by atoms with Gasteiger partial charge in [0.15, 0.2) is 0 Å². The zero-order valence-electron chi connectivity index (χ0n) is 12.2. The van der Waals surface area contributed by atoms with Crippen LogP contribution in [0.15, 0.2) is 9.59 Å². The van der Waals surface area contributed by atoms with Gasteiger partial charge >= 0.3 is 5.69 Å². The normalized spacial score (nSPS) is 23.3. The summed E-state index contributed by atoms with van der Waals surface area (Å²) in [5.74, 6) is 0.973. The summed E-state index contributed by atoms with van der Waals surface area (Å²) in [6.45, 7) is 4.53. The fraction of sp³-hybridized carbons (Fsp3) is 0.714. The number of nitrogens with zero attached hydrogens (tertiary/aromatic N) is 1. The van der Waals surface area contributed by atoms with Crippen LogP contribution < -0.4 is 22.3 Å². The maximum Gasteiger partial charge on any atom is 0.330 e. The van der Waals surface area contributed by atoms with Crippen molar-refractivity contribution in [2.24, 2.45) is 5.92 Å². The minimum Gasteiger partial charge on any atom is -0.383 e. The van der Waals surface area contributed by atoms with E-state index >= 15 is 0 Å². The van der Waals surface area contributed by atoms with Gasteiger partial charge in [0.1, 0.15) is 11.5 Å². The highest BCUT2D eigenvalue weighted by atomic mass is 16.2. The third-order valence-corrected chi connectivity index (χ3v) is 4.16. The second-order valence-corrected chi connectivity index (χ2v) is 5.72. The first-order valence-electron chi connectivity index (χ1n) is 7.42. The van der Waals surface area contributed by atoms with Gasteiger partial charge in [-0.05, 0) is 32.1 Å². The summed E-state index contributed by atoms with van der Waals surface area (Å²) in [6, 6.07) is 0.256. The Morgan fingerprint density at radius 2 is 2.05 bits per heavy atom. The molecule has 2 atom stereocenters. The lowest BCUT2D eigenvalue weighted by Gasteiger charge is -2.19. The van der Waals surface area contributed by atoms with E-state index in [2.05, 4.69) is 17.2 Å². The van der Waals surface area contributed by atoms with Gasteiger partial charge in [-0.3, -0.25) is 14.3 Å². The van der Waals surface area contributed by atoms with Crippen molar-refractivity contribution < 1.29 is 0 Å². The van der Waals surface area contributed by atoms with E-state index in [0.29, 0.717) is 12.2 Å². The number of rotatable bonds is 3. The summed E-state index contributed by atoms with van der Waals surface area (Å²) >= 11 is 0. The lowest BCUT2D eigenvalue weighted by molar-refractivity contribution is 0.502. The Balaban J connectivity index is 2.25. The molecule has 2 unspecified atom stereocenters. The summed E-state index contributed by atoms with van der Waals surface area (Å²) < 4.78 is 1.38. The van der Waals surface area contributed by atoms with Crippen molar-refractivity contribution in [2.45, 2.75) is 58.5 Å². The topological polar surface area (TPSA) is 92.9 Å². The minimum atomic E-state index is -0.449. The van der Waals surface area contributed by atoms with Gasteiger partial charge in [0.2, 0.25) is 0 Å². The van der Waals surface area contributed by atoms with Crippen molar-refractivity contribution in [3.8, 4) is 0 Å². The summed E-state index contributed by atoms with van der Waals surface area (Å²) in [5, 5.41) is 3.25. The number of nitrogens with two attached hydrogens (primary N) is 1. The predicted octanol–water partition coefficient (Wildman–Crippen LogP) is 1.52. The highest BCUT2D eigenvalue weighted by Gasteiger charge is 2.19. The Kier molecular flexibility index (Phi) is 4.52. The number of anilines is 2. The van der Waals surface area contributed by atoms with Crippen LogP contribution in [-0.2, 0) is 6.54 Å². The summed E-state index contributed by atoms with van der Waals surface area (Å²) in [5.41, 5.74) is 5.43. The van der Waals surface area contributed by atoms with E-state index < -0.39 is 11.2 Å². The van der Waals surface area contributed by atoms with E-state index in [1.165, 1.54) is 11.0 Å². The van der Waals surface area contributed by atoms with Crippen LogP contribution >= 0.6 is 0 Å². The molecule has 0 spiro atoms. The van der Waals surface area contributed by atoms with E-state index in [9.17, 15) is 9.59 Å². The molecule has 1 aromatic rings. The average Bonchev–Trinajstić information content (AvgIpc) is 2.60. The molecule has 0 saturated heterocycles. The molecule has 1 fully saturated rings. The number of aromatic nitrogens is 2. The Hall–Kier alpha value is -1.72. The lowest BCUT2D eigenvalue weighted by Crippen LogP contribution is -2.35. The molecule has 1 aromatic heterocycles. The smallest absolute Gasteiger partial charge is 0.330 e. The summed E-state index contributed by atoms with van der Waals surface area (Å²) in [7, 11) is 0. The Morgan fingerprint density at radius 1 is 1.30 bits per heavy atom. The van der Waals surface area contributed by atoms with E-state index in [0.717, 1.165) is 31.6 Å². The molecular formula is C14H24N4O2. The van der Waals surface area contributed by atoms with Gasteiger partial charge in [-0.25, -0.2) is 4.79 Å². The summed E-state index contributed by atoms with van der Waals surface area (Å²) in [6.07, 6.45) is 5.62. The first-order valence-corrected chi connectivity index (χ1v) is 7.42. The van der Waals surface area contributed by atoms with Crippen LogP contribution in [0.4, 0.5) is 11.5 Å². The van der Waals surface area contributed by atoms with Crippen LogP contribution in [0.5, 0.6) is 0 Å². The third-order valence-electron chi connectivity index (χ3n) is 4.16. The lowest BCUT2D eigenvalue weighted by atomic mass is 10.0. The molecule has 1 heterocycles. The molecule has 0 bridgehead atoms. The monoisotopic (exact) mass is 280 g/mol. The van der Waals surface area contributed by atoms with E-state index in [1.807, 2.05) is 6.92 Å². The molecule has 1 saturated carbocycles. The van der Waals surface area contributed by atoms with Crippen LogP contribution in [0.25, 0.3) is 0 Å². The van der Waals surface area contributed by atoms with Gasteiger partial charge in [0.25, 0.3) is 5.56 Å². The predicted molar refractivity (Wildman–Crippen MR) is 81.1 cm³/mol. The van der Waals surface area contributed by atoms with Gasteiger partial charge in [-0.15, -0.1) is 0 Å². The van der Waals surface area contributed by atoms with Crippen molar-refractivity contribution >= 4 is 11.5 Å². The highest BCUT2D eigenvalue weighted by molar-refractivity contribution is 5.60. The molecule has 4 N–H and O–H groups in total. The Bertz CT molecular complexity index is 576. The Labute approximate surface area is 118 Å². The highest BCUT2D eigenvalue weighted by Crippen LogP contribution is 2.25. The van der Waals surface area contributed by atoms with Crippen LogP contribution in [0.3, 0.4) is 0 Å². The number of H-pyrrole nitrogens is 1. The first-order chi connectivity index (χ1) is 9.52. The zero-order chi connectivity index (χ0) is 14.7. The molecule has 1 aliphatic rings. The Morgan fingerprint density at radius 3 is 2.75 bits per heavy atom. The quantitative estimate of drug-likeness (QED) is 0.732. The van der Waals surface area contributed by atoms with E-state index in [-0.39, 0.29) is 11.9 Å². The van der Waals surface area contributed by atoms with E-state index in [4.69, 9.17) is 5.73 Å². The zero-order valence-corrected chi connectivity index (χ0v) is 12.2. The van der Waals surface area contributed by atoms with Crippen LogP contribution in [0.2, 0.25) is 0 Å². The third kappa shape index (κ3) is 3.05. The fourth-order valence-electron chi connectivity index (χ4n) is 2.88. The molecule has 0 aromatic carbocycles. The van der Waals surface area contributed by atoms with Crippen LogP contribution in [-0.4, -0.2) is 15.6 Å². The number of hydrogen-bond acceptors (Lipinski definition) is 4. The molecule has 112 valence electrons. The van der Waals surface area contributed by atoms with Gasteiger partial charge in [0.05, 0.1) is 0 Å². The van der Waals surface area contributed by atoms with Crippen molar-refractivity contribution in [1.82, 2.24) is 9.55 Å². The van der Waals surface area contributed by atoms with Crippen molar-refractivity contribution in [3.05, 3.63) is 20.8 Å². The maximum atomic E-state index is 11.9. The second kappa shape index (κ2) is 6.15. The molecule has 0 amide bonds. The summed E-state index contributed by atoms with van der Waals surface area (Å²) in [4.78, 5) is 25.9. The molecule has 6 heteroatoms. The SMILES string of the molecule is CCn1c(N)c(NC2CCCC(C)CC2)c(=O)[nH]c1=O. The van der Waals surface area contributed by atoms with Crippen molar-refractivity contribution in [1.29, 1.82) is 0 Å². The molecule has 20 heavy (non-hydrogen) atoms. The van der Waals surface area contributed by atoms with E-state index in [1.54, 1.807) is 0 Å². The van der Waals surface area contributed by atoms with Gasteiger partial charge < -0.3 is 11.1 Å². The van der Waals surface area contributed by atoms with Gasteiger partial charge in [-0.1, -0.05) is 19.8 Å². The second-order valence-electron chi connectivity index (χ2n) is 5.72. The molecule has 0 aliphatic heterocycles. The number of aromatic amines is 1. The standard InChI is InChI=1S/C14H24N4O2/c1-3-18-12(15)11(13(19)17-14(18)20)16-10-6-4-5-9(2)7-8-10/h9-10,16H,3-8,15H2,1-2H3,(H,17,19,20). The molecule has 6 nitrogen and oxygen atoms in total. The first kappa shape index (κ1) is 14.7. The van der Waals surface area contributed by atoms with Gasteiger partial charge in [-0.2, -0.15) is 0 Å². The molecular weight excluding hydrogens is 256 g/mol. The van der Waals surface area contributed by atoms with Crippen molar-refractivity contribution in [3.63, 3.8) is 0 Å². The molecule has 0 radical (unpaired) electrons. The average molecular weight is 280 g/mol. The van der Waals surface area contributed by atoms with Crippen LogP contribution in [0.1, 0.15) is 46.0 Å². The van der Waals surface area contributed by atoms with Crippen LogP contribution in [0, 0.1) is 5.92 Å².